The maximum atomic E-state index is 10.2. The van der Waals surface area contributed by atoms with Gasteiger partial charge in [-0.05, 0) is 6.92 Å². The fourth-order valence-corrected chi connectivity index (χ4v) is 2.01. The molecule has 6 nitrogen and oxygen atoms in total. The van der Waals surface area contributed by atoms with E-state index in [-0.39, 0.29) is 5.88 Å². The first kappa shape index (κ1) is 10.9. The molecule has 0 spiro atoms. The highest BCUT2D eigenvalue weighted by Gasteiger charge is 2.17. The second kappa shape index (κ2) is 3.92. The molecule has 0 atom stereocenters. The Kier molecular flexibility index (Phi) is 2.38. The van der Waals surface area contributed by atoms with Crippen molar-refractivity contribution >= 4 is 17.2 Å². The van der Waals surface area contributed by atoms with Gasteiger partial charge in [0, 0.05) is 12.3 Å². The lowest BCUT2D eigenvalue weighted by Gasteiger charge is -2.09. The molecule has 3 rings (SSSR count). The normalized spacial score (nSPS) is 11.0. The van der Waals surface area contributed by atoms with Crippen molar-refractivity contribution in [2.75, 3.05) is 0 Å². The molecule has 0 aliphatic heterocycles. The van der Waals surface area contributed by atoms with E-state index in [1.165, 1.54) is 17.0 Å². The van der Waals surface area contributed by atoms with Crippen LogP contribution in [0.2, 0.25) is 5.02 Å². The van der Waals surface area contributed by atoms with Gasteiger partial charge in [0.05, 0.1) is 28.2 Å². The molecule has 1 N–H and O–H groups in total. The van der Waals surface area contributed by atoms with Gasteiger partial charge in [-0.3, -0.25) is 0 Å². The summed E-state index contributed by atoms with van der Waals surface area (Å²) in [4.78, 5) is 12.2. The number of aromatic nitrogens is 5. The SMILES string of the molecule is Cc1nc2ccnn2c(O)c1-c1ncncc1Cl. The Balaban J connectivity index is 2.39. The van der Waals surface area contributed by atoms with Gasteiger partial charge in [0.25, 0.3) is 0 Å². The van der Waals surface area contributed by atoms with Gasteiger partial charge >= 0.3 is 0 Å². The van der Waals surface area contributed by atoms with Gasteiger partial charge in [-0.25, -0.2) is 15.0 Å². The monoisotopic (exact) mass is 261 g/mol. The molecule has 0 unspecified atom stereocenters. The number of halogens is 1. The molecule has 0 amide bonds. The zero-order valence-electron chi connectivity index (χ0n) is 9.37. The predicted molar refractivity (Wildman–Crippen MR) is 65.4 cm³/mol. The zero-order valence-corrected chi connectivity index (χ0v) is 10.1. The van der Waals surface area contributed by atoms with Gasteiger partial charge in [0.15, 0.2) is 5.65 Å². The topological polar surface area (TPSA) is 76.2 Å². The summed E-state index contributed by atoms with van der Waals surface area (Å²) in [6.45, 7) is 1.78. The molecule has 0 radical (unpaired) electrons. The minimum Gasteiger partial charge on any atom is -0.493 e. The minimum absolute atomic E-state index is 0.0388. The number of rotatable bonds is 1. The van der Waals surface area contributed by atoms with Gasteiger partial charge in [-0.15, -0.1) is 0 Å². The van der Waals surface area contributed by atoms with Crippen LogP contribution in [-0.2, 0) is 0 Å². The fourth-order valence-electron chi connectivity index (χ4n) is 1.81. The first-order valence-electron chi connectivity index (χ1n) is 5.17. The summed E-state index contributed by atoms with van der Waals surface area (Å²) in [5, 5.41) is 14.6. The molecular weight excluding hydrogens is 254 g/mol. The Morgan fingerprint density at radius 2 is 2.22 bits per heavy atom. The van der Waals surface area contributed by atoms with Gasteiger partial charge in [-0.1, -0.05) is 11.6 Å². The number of hydrogen-bond donors (Lipinski definition) is 1. The second-order valence-electron chi connectivity index (χ2n) is 3.72. The highest BCUT2D eigenvalue weighted by atomic mass is 35.5. The van der Waals surface area contributed by atoms with E-state index < -0.39 is 0 Å². The summed E-state index contributed by atoms with van der Waals surface area (Å²) in [7, 11) is 0. The summed E-state index contributed by atoms with van der Waals surface area (Å²) >= 11 is 6.03. The number of aryl methyl sites for hydroxylation is 1. The molecule has 18 heavy (non-hydrogen) atoms. The van der Waals surface area contributed by atoms with Crippen molar-refractivity contribution < 1.29 is 5.11 Å². The van der Waals surface area contributed by atoms with Crippen LogP contribution in [0.5, 0.6) is 5.88 Å². The third-order valence-corrected chi connectivity index (χ3v) is 2.87. The Hall–Kier alpha value is -2.21. The summed E-state index contributed by atoms with van der Waals surface area (Å²) in [5.74, 6) is -0.0388. The highest BCUT2D eigenvalue weighted by Crippen LogP contribution is 2.33. The van der Waals surface area contributed by atoms with Crippen LogP contribution in [0.15, 0.2) is 24.8 Å². The van der Waals surface area contributed by atoms with Crippen molar-refractivity contribution in [1.82, 2.24) is 24.6 Å². The van der Waals surface area contributed by atoms with E-state index in [0.29, 0.717) is 27.6 Å². The maximum absolute atomic E-state index is 10.2. The van der Waals surface area contributed by atoms with Crippen molar-refractivity contribution in [3.05, 3.63) is 35.5 Å². The molecule has 3 aromatic rings. The van der Waals surface area contributed by atoms with Crippen molar-refractivity contribution in [1.29, 1.82) is 0 Å². The Bertz CT molecular complexity index is 739. The molecule has 0 bridgehead atoms. The van der Waals surface area contributed by atoms with Crippen molar-refractivity contribution in [3.8, 4) is 17.1 Å². The number of fused-ring (bicyclic) bond motifs is 1. The van der Waals surface area contributed by atoms with Crippen molar-refractivity contribution in [3.63, 3.8) is 0 Å². The highest BCUT2D eigenvalue weighted by molar-refractivity contribution is 6.33. The summed E-state index contributed by atoms with van der Waals surface area (Å²) in [6.07, 6.45) is 4.40. The van der Waals surface area contributed by atoms with E-state index in [2.05, 4.69) is 20.1 Å². The number of hydrogen-bond acceptors (Lipinski definition) is 5. The van der Waals surface area contributed by atoms with Gasteiger partial charge in [-0.2, -0.15) is 9.61 Å². The van der Waals surface area contributed by atoms with Gasteiger partial charge in [0.1, 0.15) is 6.33 Å². The standard InChI is InChI=1S/C11H8ClN5O/c1-6-9(10-7(12)4-13-5-14-10)11(18)17-8(16-6)2-3-15-17/h2-5,18H,1H3. The number of aromatic hydroxyl groups is 1. The minimum atomic E-state index is -0.0388. The number of nitrogens with zero attached hydrogens (tertiary/aromatic N) is 5. The van der Waals surface area contributed by atoms with Crippen LogP contribution < -0.4 is 0 Å². The maximum Gasteiger partial charge on any atom is 0.225 e. The van der Waals surface area contributed by atoms with Gasteiger partial charge < -0.3 is 5.11 Å². The van der Waals surface area contributed by atoms with Crippen LogP contribution in [-0.4, -0.2) is 29.7 Å². The Morgan fingerprint density at radius 1 is 1.39 bits per heavy atom. The van der Waals surface area contributed by atoms with Crippen LogP contribution in [0.1, 0.15) is 5.69 Å². The van der Waals surface area contributed by atoms with Gasteiger partial charge in [0.2, 0.25) is 5.88 Å². The zero-order chi connectivity index (χ0) is 12.7. The third kappa shape index (κ3) is 1.50. The van der Waals surface area contributed by atoms with Crippen molar-refractivity contribution in [2.24, 2.45) is 0 Å². The predicted octanol–water partition coefficient (Wildman–Crippen LogP) is 1.85. The molecule has 0 aliphatic carbocycles. The van der Waals surface area contributed by atoms with Crippen LogP contribution in [0.25, 0.3) is 16.9 Å². The molecule has 3 heterocycles. The molecule has 0 saturated heterocycles. The summed E-state index contributed by atoms with van der Waals surface area (Å²) < 4.78 is 1.33. The first-order chi connectivity index (χ1) is 8.68. The average Bonchev–Trinajstić information content (AvgIpc) is 2.79. The van der Waals surface area contributed by atoms with Crippen LogP contribution in [0.3, 0.4) is 0 Å². The van der Waals surface area contributed by atoms with E-state index in [1.54, 1.807) is 19.2 Å². The molecule has 0 fully saturated rings. The van der Waals surface area contributed by atoms with Crippen LogP contribution in [0, 0.1) is 6.92 Å². The quantitative estimate of drug-likeness (QED) is 0.723. The lowest BCUT2D eigenvalue weighted by atomic mass is 10.1. The molecule has 0 aliphatic rings. The van der Waals surface area contributed by atoms with Crippen LogP contribution >= 0.6 is 11.6 Å². The summed E-state index contributed by atoms with van der Waals surface area (Å²) in [6, 6.07) is 1.71. The van der Waals surface area contributed by atoms with E-state index in [0.717, 1.165) is 0 Å². The molecule has 0 aromatic carbocycles. The second-order valence-corrected chi connectivity index (χ2v) is 4.12. The first-order valence-corrected chi connectivity index (χ1v) is 5.55. The molecule has 90 valence electrons. The molecule has 0 saturated carbocycles. The Morgan fingerprint density at radius 3 is 3.00 bits per heavy atom. The molecular formula is C11H8ClN5O. The van der Waals surface area contributed by atoms with E-state index in [9.17, 15) is 5.11 Å². The van der Waals surface area contributed by atoms with E-state index in [1.807, 2.05) is 0 Å². The van der Waals surface area contributed by atoms with E-state index >= 15 is 0 Å². The fraction of sp³-hybridized carbons (Fsp3) is 0.0909. The average molecular weight is 262 g/mol. The van der Waals surface area contributed by atoms with Crippen LogP contribution in [0.4, 0.5) is 0 Å². The third-order valence-electron chi connectivity index (χ3n) is 2.60. The van der Waals surface area contributed by atoms with Crippen molar-refractivity contribution in [2.45, 2.75) is 6.92 Å². The smallest absolute Gasteiger partial charge is 0.225 e. The lowest BCUT2D eigenvalue weighted by Crippen LogP contribution is -1.99. The molecule has 7 heteroatoms. The molecule has 3 aromatic heterocycles. The lowest BCUT2D eigenvalue weighted by molar-refractivity contribution is 0.437. The largest absolute Gasteiger partial charge is 0.493 e. The van der Waals surface area contributed by atoms with E-state index in [4.69, 9.17) is 11.6 Å². The Labute approximate surface area is 107 Å². The summed E-state index contributed by atoms with van der Waals surface area (Å²) in [5.41, 5.74) is 2.09.